The molecule has 1 aliphatic heterocycles. The zero-order valence-corrected chi connectivity index (χ0v) is 11.4. The Morgan fingerprint density at radius 1 is 1.47 bits per heavy atom. The number of ether oxygens (including phenoxy) is 1. The summed E-state index contributed by atoms with van der Waals surface area (Å²) in [4.78, 5) is 4.58. The van der Waals surface area contributed by atoms with Crippen LogP contribution in [0.3, 0.4) is 0 Å². The van der Waals surface area contributed by atoms with Crippen LogP contribution in [0.4, 0.5) is 10.1 Å². The first-order valence-corrected chi connectivity index (χ1v) is 6.70. The predicted octanol–water partition coefficient (Wildman–Crippen LogP) is 3.53. The molecule has 1 aromatic heterocycles. The maximum Gasteiger partial charge on any atom is 0.125 e. The van der Waals surface area contributed by atoms with E-state index in [-0.39, 0.29) is 5.82 Å². The third-order valence-corrected chi connectivity index (χ3v) is 3.57. The number of nitrogens with one attached hydrogen (secondary N) is 1. The van der Waals surface area contributed by atoms with Crippen molar-refractivity contribution in [2.24, 2.45) is 0 Å². The number of rotatable bonds is 2. The molecule has 2 aromatic rings. The van der Waals surface area contributed by atoms with Gasteiger partial charge in [0.25, 0.3) is 0 Å². The molecule has 0 fully saturated rings. The fraction of sp³-hybridized carbons (Fsp3) is 0.357. The number of anilines is 1. The first-order valence-electron chi connectivity index (χ1n) is 6.32. The molecule has 0 unspecified atom stereocenters. The lowest BCUT2D eigenvalue weighted by Gasteiger charge is -2.22. The molecule has 0 saturated carbocycles. The quantitative estimate of drug-likeness (QED) is 0.914. The van der Waals surface area contributed by atoms with Gasteiger partial charge < -0.3 is 10.1 Å². The van der Waals surface area contributed by atoms with Crippen molar-refractivity contribution in [3.63, 3.8) is 0 Å². The van der Waals surface area contributed by atoms with Crippen molar-refractivity contribution in [3.05, 3.63) is 34.2 Å². The van der Waals surface area contributed by atoms with Gasteiger partial charge >= 0.3 is 0 Å². The summed E-state index contributed by atoms with van der Waals surface area (Å²) in [6.45, 7) is 3.92. The number of nitrogens with zero attached hydrogens (tertiary/aromatic N) is 1. The van der Waals surface area contributed by atoms with E-state index in [9.17, 15) is 4.39 Å². The Kier molecular flexibility index (Phi) is 3.29. The Morgan fingerprint density at radius 2 is 2.32 bits per heavy atom. The van der Waals surface area contributed by atoms with Crippen LogP contribution in [0.15, 0.2) is 12.1 Å². The minimum absolute atomic E-state index is 0.350. The normalized spacial score (nSPS) is 14.5. The Bertz CT molecular complexity index is 645. The first-order chi connectivity index (χ1) is 9.20. The number of fused-ring (bicyclic) bond motifs is 2. The number of pyridine rings is 1. The molecule has 0 amide bonds. The SMILES string of the molecule is CCNc1c2c(nc3c(Cl)cc(F)cc13)CCOC2. The van der Waals surface area contributed by atoms with E-state index in [4.69, 9.17) is 16.3 Å². The molecule has 2 heterocycles. The second kappa shape index (κ2) is 4.94. The highest BCUT2D eigenvalue weighted by atomic mass is 35.5. The van der Waals surface area contributed by atoms with Crippen LogP contribution in [0.1, 0.15) is 18.2 Å². The zero-order valence-electron chi connectivity index (χ0n) is 10.6. The molecular formula is C14H14ClFN2O. The second-order valence-electron chi connectivity index (χ2n) is 4.53. The molecule has 0 radical (unpaired) electrons. The van der Waals surface area contributed by atoms with Crippen molar-refractivity contribution in [2.45, 2.75) is 20.0 Å². The molecule has 1 aliphatic rings. The van der Waals surface area contributed by atoms with Crippen LogP contribution in [-0.4, -0.2) is 18.1 Å². The summed E-state index contributed by atoms with van der Waals surface area (Å²) in [6, 6.07) is 2.78. The van der Waals surface area contributed by atoms with E-state index in [0.29, 0.717) is 23.8 Å². The largest absolute Gasteiger partial charge is 0.384 e. The van der Waals surface area contributed by atoms with E-state index in [1.807, 2.05) is 6.92 Å². The van der Waals surface area contributed by atoms with Crippen LogP contribution >= 0.6 is 11.6 Å². The predicted molar refractivity (Wildman–Crippen MR) is 74.2 cm³/mol. The molecule has 3 nitrogen and oxygen atoms in total. The molecule has 0 spiro atoms. The summed E-state index contributed by atoms with van der Waals surface area (Å²) >= 11 is 6.12. The van der Waals surface area contributed by atoms with E-state index in [1.165, 1.54) is 12.1 Å². The minimum Gasteiger partial charge on any atom is -0.384 e. The van der Waals surface area contributed by atoms with Gasteiger partial charge in [-0.15, -0.1) is 0 Å². The fourth-order valence-corrected chi connectivity index (χ4v) is 2.71. The van der Waals surface area contributed by atoms with Gasteiger partial charge in [-0.2, -0.15) is 0 Å². The maximum atomic E-state index is 13.6. The molecule has 3 rings (SSSR count). The maximum absolute atomic E-state index is 13.6. The summed E-state index contributed by atoms with van der Waals surface area (Å²) in [7, 11) is 0. The van der Waals surface area contributed by atoms with Gasteiger partial charge in [-0.3, -0.25) is 4.98 Å². The summed E-state index contributed by atoms with van der Waals surface area (Å²) in [6.07, 6.45) is 0.761. The molecular weight excluding hydrogens is 267 g/mol. The lowest BCUT2D eigenvalue weighted by molar-refractivity contribution is 0.110. The van der Waals surface area contributed by atoms with Crippen molar-refractivity contribution in [2.75, 3.05) is 18.5 Å². The average Bonchev–Trinajstić information content (AvgIpc) is 2.40. The van der Waals surface area contributed by atoms with Gasteiger partial charge in [0.2, 0.25) is 0 Å². The van der Waals surface area contributed by atoms with E-state index in [0.717, 1.165) is 35.3 Å². The Balaban J connectivity index is 2.35. The van der Waals surface area contributed by atoms with Gasteiger partial charge in [0.1, 0.15) is 5.82 Å². The molecule has 1 N–H and O–H groups in total. The standard InChI is InChI=1S/C14H14ClFN2O/c1-2-17-13-9-5-8(16)6-11(15)14(9)18-12-3-4-19-7-10(12)13/h5-6H,2-4,7H2,1H3,(H,17,18). The monoisotopic (exact) mass is 280 g/mol. The van der Waals surface area contributed by atoms with E-state index < -0.39 is 0 Å². The Labute approximate surface area is 115 Å². The van der Waals surface area contributed by atoms with Gasteiger partial charge in [-0.05, 0) is 19.1 Å². The van der Waals surface area contributed by atoms with E-state index in [1.54, 1.807) is 0 Å². The number of hydrogen-bond acceptors (Lipinski definition) is 3. The van der Waals surface area contributed by atoms with Gasteiger partial charge in [0.15, 0.2) is 0 Å². The zero-order chi connectivity index (χ0) is 13.4. The Hall–Kier alpha value is -1.39. The van der Waals surface area contributed by atoms with Gasteiger partial charge in [0, 0.05) is 23.9 Å². The molecule has 0 atom stereocenters. The summed E-state index contributed by atoms with van der Waals surface area (Å²) in [5, 5.41) is 4.36. The van der Waals surface area contributed by atoms with Crippen LogP contribution in [0.25, 0.3) is 10.9 Å². The highest BCUT2D eigenvalue weighted by Gasteiger charge is 2.20. The molecule has 100 valence electrons. The second-order valence-corrected chi connectivity index (χ2v) is 4.94. The van der Waals surface area contributed by atoms with Crippen molar-refractivity contribution >= 4 is 28.2 Å². The number of halogens is 2. The van der Waals surface area contributed by atoms with Gasteiger partial charge in [-0.25, -0.2) is 4.39 Å². The van der Waals surface area contributed by atoms with Crippen LogP contribution in [0.5, 0.6) is 0 Å². The molecule has 0 saturated heterocycles. The van der Waals surface area contributed by atoms with Gasteiger partial charge in [0.05, 0.1) is 35.1 Å². The van der Waals surface area contributed by atoms with Crippen molar-refractivity contribution in [1.82, 2.24) is 4.98 Å². The molecule has 0 bridgehead atoms. The molecule has 19 heavy (non-hydrogen) atoms. The van der Waals surface area contributed by atoms with Crippen LogP contribution in [-0.2, 0) is 17.8 Å². The highest BCUT2D eigenvalue weighted by Crippen LogP contribution is 2.35. The Morgan fingerprint density at radius 3 is 3.11 bits per heavy atom. The third kappa shape index (κ3) is 2.15. The van der Waals surface area contributed by atoms with Crippen molar-refractivity contribution in [1.29, 1.82) is 0 Å². The number of benzene rings is 1. The van der Waals surface area contributed by atoms with Crippen molar-refractivity contribution in [3.8, 4) is 0 Å². The summed E-state index contributed by atoms with van der Waals surface area (Å²) in [5.41, 5.74) is 3.55. The minimum atomic E-state index is -0.352. The van der Waals surface area contributed by atoms with Crippen LogP contribution in [0.2, 0.25) is 5.02 Å². The molecule has 0 aliphatic carbocycles. The fourth-order valence-electron chi connectivity index (χ4n) is 2.46. The number of aromatic nitrogens is 1. The summed E-state index contributed by atoms with van der Waals surface area (Å²) < 4.78 is 19.1. The topological polar surface area (TPSA) is 34.2 Å². The van der Waals surface area contributed by atoms with E-state index >= 15 is 0 Å². The van der Waals surface area contributed by atoms with Gasteiger partial charge in [-0.1, -0.05) is 11.6 Å². The lowest BCUT2D eigenvalue weighted by Crippen LogP contribution is -2.15. The third-order valence-electron chi connectivity index (χ3n) is 3.28. The lowest BCUT2D eigenvalue weighted by atomic mass is 10.0. The molecule has 5 heteroatoms. The summed E-state index contributed by atoms with van der Waals surface area (Å²) in [5.74, 6) is -0.352. The first kappa shape index (κ1) is 12.6. The van der Waals surface area contributed by atoms with Crippen LogP contribution in [0, 0.1) is 5.82 Å². The van der Waals surface area contributed by atoms with Crippen molar-refractivity contribution < 1.29 is 9.13 Å². The average molecular weight is 281 g/mol. The van der Waals surface area contributed by atoms with Crippen LogP contribution < -0.4 is 5.32 Å². The van der Waals surface area contributed by atoms with E-state index in [2.05, 4.69) is 10.3 Å². The highest BCUT2D eigenvalue weighted by molar-refractivity contribution is 6.35. The number of hydrogen-bond donors (Lipinski definition) is 1. The smallest absolute Gasteiger partial charge is 0.125 e. The molecule has 1 aromatic carbocycles.